The number of esters is 1. The molecule has 4 aliphatic rings. The Balaban J connectivity index is 1.75. The van der Waals surface area contributed by atoms with Crippen molar-refractivity contribution in [2.75, 3.05) is 13.6 Å². The van der Waals surface area contributed by atoms with Crippen molar-refractivity contribution in [2.45, 2.75) is 50.3 Å². The average molecular weight is 494 g/mol. The summed E-state index contributed by atoms with van der Waals surface area (Å²) in [6, 6.07) is 2.13. The molecule has 5 rings (SSSR count). The fourth-order valence-electron chi connectivity index (χ4n) is 5.88. The van der Waals surface area contributed by atoms with Crippen LogP contribution in [0.5, 0.6) is 11.5 Å². The summed E-state index contributed by atoms with van der Waals surface area (Å²) in [4.78, 5) is 26.0. The maximum Gasteiger partial charge on any atom is 0.308 e. The van der Waals surface area contributed by atoms with Crippen LogP contribution in [0, 0.1) is 9.49 Å². The Hall–Kier alpha value is -1.61. The number of hydrogen-bond acceptors (Lipinski definition) is 5. The first-order valence-corrected chi connectivity index (χ1v) is 10.8. The van der Waals surface area contributed by atoms with Gasteiger partial charge in [-0.3, -0.25) is 9.59 Å². The zero-order valence-corrected chi connectivity index (χ0v) is 18.3. The number of halogens is 1. The molecular weight excluding hydrogens is 471 g/mol. The molecule has 0 radical (unpaired) electrons. The summed E-state index contributed by atoms with van der Waals surface area (Å²) in [7, 11) is 2.20. The normalized spacial score (nSPS) is 34.4. The van der Waals surface area contributed by atoms with Gasteiger partial charge in [-0.25, -0.2) is 0 Å². The molecule has 2 aliphatic heterocycles. The van der Waals surface area contributed by atoms with Gasteiger partial charge in [0, 0.05) is 40.4 Å². The standard InChI is InChI=1S/C21H23IN2O4/c1-10(25)23-15-5-4-13-16-8-12-14(22)9-17(27-11(2)26)19-18(12)21(13,20(15)28-19)6-7-24(16)3/h4-5,9,13,15-16,20H,6-8H2,1-3H3,(H,23,25)/t13?,15-,16+,20-,21-/m0/s1. The van der Waals surface area contributed by atoms with Crippen molar-refractivity contribution in [1.82, 2.24) is 10.2 Å². The number of carbonyl (C=O) groups excluding carboxylic acids is 2. The number of likely N-dealkylation sites (tertiary alicyclic amines) is 1. The van der Waals surface area contributed by atoms with Crippen molar-refractivity contribution < 1.29 is 19.1 Å². The van der Waals surface area contributed by atoms with Gasteiger partial charge in [0.1, 0.15) is 6.10 Å². The third-order valence-corrected chi connectivity index (χ3v) is 7.82. The molecule has 6 nitrogen and oxygen atoms in total. The van der Waals surface area contributed by atoms with Crippen LogP contribution in [-0.4, -0.2) is 48.6 Å². The first-order chi connectivity index (χ1) is 13.3. The summed E-state index contributed by atoms with van der Waals surface area (Å²) in [5, 5.41) is 3.06. The van der Waals surface area contributed by atoms with Gasteiger partial charge in [-0.1, -0.05) is 12.2 Å². The number of likely N-dealkylation sites (N-methyl/N-ethyl adjacent to an activating group) is 1. The molecule has 2 bridgehead atoms. The molecule has 7 heteroatoms. The van der Waals surface area contributed by atoms with E-state index in [1.54, 1.807) is 0 Å². The van der Waals surface area contributed by atoms with Crippen molar-refractivity contribution in [3.05, 3.63) is 32.9 Å². The van der Waals surface area contributed by atoms with Crippen molar-refractivity contribution in [3.8, 4) is 11.5 Å². The summed E-state index contributed by atoms with van der Waals surface area (Å²) in [5.74, 6) is 1.09. The highest BCUT2D eigenvalue weighted by atomic mass is 127. The largest absolute Gasteiger partial charge is 0.483 e. The van der Waals surface area contributed by atoms with Crippen LogP contribution in [0.25, 0.3) is 0 Å². The molecule has 28 heavy (non-hydrogen) atoms. The molecule has 2 heterocycles. The van der Waals surface area contributed by atoms with Crippen molar-refractivity contribution in [2.24, 2.45) is 5.92 Å². The highest BCUT2D eigenvalue weighted by molar-refractivity contribution is 14.1. The predicted molar refractivity (Wildman–Crippen MR) is 112 cm³/mol. The highest BCUT2D eigenvalue weighted by Crippen LogP contribution is 2.63. The van der Waals surface area contributed by atoms with Gasteiger partial charge in [-0.05, 0) is 60.7 Å². The van der Waals surface area contributed by atoms with Gasteiger partial charge < -0.3 is 19.7 Å². The summed E-state index contributed by atoms with van der Waals surface area (Å²) in [6.07, 6.45) is 6.09. The molecule has 1 N–H and O–H groups in total. The van der Waals surface area contributed by atoms with Crippen LogP contribution in [-0.2, 0) is 21.4 Å². The van der Waals surface area contributed by atoms with Crippen LogP contribution in [0.1, 0.15) is 31.4 Å². The molecule has 1 saturated heterocycles. The molecule has 2 aliphatic carbocycles. The van der Waals surface area contributed by atoms with E-state index in [2.05, 4.69) is 52.0 Å². The second-order valence-electron chi connectivity index (χ2n) is 8.35. The van der Waals surface area contributed by atoms with Gasteiger partial charge in [0.05, 0.1) is 6.04 Å². The van der Waals surface area contributed by atoms with Gasteiger partial charge in [0.25, 0.3) is 0 Å². The van der Waals surface area contributed by atoms with E-state index in [9.17, 15) is 9.59 Å². The molecule has 1 spiro atoms. The molecule has 1 amide bonds. The molecule has 1 aromatic carbocycles. The molecule has 5 atom stereocenters. The lowest BCUT2D eigenvalue weighted by Gasteiger charge is -2.57. The topological polar surface area (TPSA) is 67.9 Å². The third kappa shape index (κ3) is 2.35. The fraction of sp³-hybridized carbons (Fsp3) is 0.524. The zero-order chi connectivity index (χ0) is 19.8. The number of piperidine rings is 1. The summed E-state index contributed by atoms with van der Waals surface area (Å²) < 4.78 is 13.2. The number of carbonyl (C=O) groups is 2. The SMILES string of the molecule is CC(=O)N[C@H]1C=CC2[C@H]3Cc4c(I)cc(OC(C)=O)c5c4[C@@]2(CCN3C)[C@H]1O5. The van der Waals surface area contributed by atoms with E-state index >= 15 is 0 Å². The van der Waals surface area contributed by atoms with Crippen LogP contribution in [0.3, 0.4) is 0 Å². The van der Waals surface area contributed by atoms with E-state index in [0.717, 1.165) is 23.0 Å². The Morgan fingerprint density at radius 3 is 2.86 bits per heavy atom. The Kier molecular flexibility index (Phi) is 4.07. The molecule has 1 fully saturated rings. The van der Waals surface area contributed by atoms with Crippen molar-refractivity contribution in [3.63, 3.8) is 0 Å². The lowest BCUT2D eigenvalue weighted by molar-refractivity contribution is -0.132. The predicted octanol–water partition coefficient (Wildman–Crippen LogP) is 2.17. The van der Waals surface area contributed by atoms with Gasteiger partial charge in [-0.15, -0.1) is 0 Å². The highest BCUT2D eigenvalue weighted by Gasteiger charge is 2.64. The number of benzene rings is 1. The number of hydrogen-bond donors (Lipinski definition) is 1. The minimum absolute atomic E-state index is 0.0700. The zero-order valence-electron chi connectivity index (χ0n) is 16.1. The second kappa shape index (κ2) is 6.19. The lowest BCUT2D eigenvalue weighted by Crippen LogP contribution is -2.66. The van der Waals surface area contributed by atoms with Gasteiger partial charge in [0.15, 0.2) is 11.5 Å². The monoisotopic (exact) mass is 494 g/mol. The smallest absolute Gasteiger partial charge is 0.308 e. The van der Waals surface area contributed by atoms with Gasteiger partial charge in [-0.2, -0.15) is 0 Å². The Morgan fingerprint density at radius 2 is 2.14 bits per heavy atom. The minimum Gasteiger partial charge on any atom is -0.483 e. The molecule has 1 aromatic rings. The Morgan fingerprint density at radius 1 is 1.36 bits per heavy atom. The second-order valence-corrected chi connectivity index (χ2v) is 9.51. The van der Waals surface area contributed by atoms with Crippen LogP contribution in [0.15, 0.2) is 18.2 Å². The average Bonchev–Trinajstić information content (AvgIpc) is 2.96. The quantitative estimate of drug-likeness (QED) is 0.296. The molecular formula is C21H23IN2O4. The summed E-state index contributed by atoms with van der Waals surface area (Å²) >= 11 is 2.35. The van der Waals surface area contributed by atoms with E-state index in [-0.39, 0.29) is 29.4 Å². The van der Waals surface area contributed by atoms with Gasteiger partial charge >= 0.3 is 5.97 Å². The maximum atomic E-state index is 11.8. The van der Waals surface area contributed by atoms with Crippen molar-refractivity contribution >= 4 is 34.5 Å². The number of nitrogens with one attached hydrogen (secondary N) is 1. The first-order valence-electron chi connectivity index (χ1n) is 9.69. The maximum absolute atomic E-state index is 11.8. The third-order valence-electron chi connectivity index (χ3n) is 6.86. The Labute approximate surface area is 177 Å². The van der Waals surface area contributed by atoms with Crippen LogP contribution >= 0.6 is 22.6 Å². The van der Waals surface area contributed by atoms with Gasteiger partial charge in [0.2, 0.25) is 5.91 Å². The van der Waals surface area contributed by atoms with Crippen LogP contribution in [0.2, 0.25) is 0 Å². The fourth-order valence-corrected chi connectivity index (χ4v) is 6.65. The van der Waals surface area contributed by atoms with E-state index in [4.69, 9.17) is 9.47 Å². The number of amides is 1. The summed E-state index contributed by atoms with van der Waals surface area (Å²) in [5.41, 5.74) is 2.31. The van der Waals surface area contributed by atoms with E-state index in [1.807, 2.05) is 6.07 Å². The first kappa shape index (κ1) is 18.4. The van der Waals surface area contributed by atoms with E-state index < -0.39 is 0 Å². The summed E-state index contributed by atoms with van der Waals surface area (Å²) in [6.45, 7) is 3.93. The minimum atomic E-state index is -0.354. The Bertz CT molecular complexity index is 929. The molecule has 0 aromatic heterocycles. The molecule has 0 saturated carbocycles. The van der Waals surface area contributed by atoms with Crippen LogP contribution in [0.4, 0.5) is 0 Å². The van der Waals surface area contributed by atoms with Crippen molar-refractivity contribution in [1.29, 1.82) is 0 Å². The van der Waals surface area contributed by atoms with Crippen LogP contribution < -0.4 is 14.8 Å². The number of nitrogens with zero attached hydrogens (tertiary/aromatic N) is 1. The van der Waals surface area contributed by atoms with E-state index in [1.165, 1.54) is 25.0 Å². The number of ether oxygens (including phenoxy) is 2. The molecule has 148 valence electrons. The van der Waals surface area contributed by atoms with E-state index in [0.29, 0.717) is 23.5 Å². The lowest BCUT2D eigenvalue weighted by atomic mass is 9.53. The molecule has 1 unspecified atom stereocenters. The number of rotatable bonds is 2.